The SMILES string of the molecule is N#CCn1c(CSc2n[nH]c(-c3cccs3)n2)nc2ccccc2c1=O. The van der Waals surface area contributed by atoms with E-state index < -0.39 is 0 Å². The number of thiophene rings is 1. The Morgan fingerprint density at radius 3 is 2.92 bits per heavy atom. The Morgan fingerprint density at radius 2 is 2.12 bits per heavy atom. The fourth-order valence-corrected chi connectivity index (χ4v) is 3.93. The van der Waals surface area contributed by atoms with Crippen LogP contribution in [0.4, 0.5) is 0 Å². The molecule has 0 aliphatic carbocycles. The summed E-state index contributed by atoms with van der Waals surface area (Å²) < 4.78 is 1.40. The molecular formula is C17H12N6OS2. The van der Waals surface area contributed by atoms with Crippen molar-refractivity contribution < 1.29 is 0 Å². The highest BCUT2D eigenvalue weighted by Crippen LogP contribution is 2.24. The summed E-state index contributed by atoms with van der Waals surface area (Å²) >= 11 is 2.95. The molecule has 0 atom stereocenters. The Balaban J connectivity index is 1.64. The summed E-state index contributed by atoms with van der Waals surface area (Å²) in [5, 5.41) is 19.2. The lowest BCUT2D eigenvalue weighted by molar-refractivity contribution is 0.730. The fourth-order valence-electron chi connectivity index (χ4n) is 2.52. The number of thioether (sulfide) groups is 1. The van der Waals surface area contributed by atoms with Gasteiger partial charge in [0.2, 0.25) is 5.16 Å². The first-order valence-corrected chi connectivity index (χ1v) is 9.57. The van der Waals surface area contributed by atoms with Crippen molar-refractivity contribution in [3.05, 3.63) is 58.0 Å². The third kappa shape index (κ3) is 3.12. The van der Waals surface area contributed by atoms with Gasteiger partial charge in [0.1, 0.15) is 12.4 Å². The van der Waals surface area contributed by atoms with Crippen molar-refractivity contribution in [2.75, 3.05) is 0 Å². The zero-order valence-corrected chi connectivity index (χ0v) is 15.0. The first-order valence-electron chi connectivity index (χ1n) is 7.71. The van der Waals surface area contributed by atoms with Crippen molar-refractivity contribution in [3.8, 4) is 16.8 Å². The minimum atomic E-state index is -0.206. The zero-order valence-electron chi connectivity index (χ0n) is 13.4. The molecule has 0 spiro atoms. The molecule has 0 bridgehead atoms. The van der Waals surface area contributed by atoms with Gasteiger partial charge < -0.3 is 0 Å². The molecule has 1 N–H and O–H groups in total. The summed E-state index contributed by atoms with van der Waals surface area (Å²) in [5.41, 5.74) is 0.415. The van der Waals surface area contributed by atoms with Gasteiger partial charge >= 0.3 is 0 Å². The van der Waals surface area contributed by atoms with Crippen molar-refractivity contribution >= 4 is 34.0 Å². The molecule has 7 nitrogen and oxygen atoms in total. The van der Waals surface area contributed by atoms with E-state index in [4.69, 9.17) is 5.26 Å². The predicted molar refractivity (Wildman–Crippen MR) is 101 cm³/mol. The number of benzene rings is 1. The number of hydrogen-bond donors (Lipinski definition) is 1. The summed E-state index contributed by atoms with van der Waals surface area (Å²) in [6.45, 7) is -0.0407. The molecule has 0 aliphatic heterocycles. The van der Waals surface area contributed by atoms with Crippen LogP contribution in [0.15, 0.2) is 51.7 Å². The molecule has 1 aromatic carbocycles. The highest BCUT2D eigenvalue weighted by molar-refractivity contribution is 7.98. The standard InChI is InChI=1S/C17H12N6OS2/c18-7-8-23-14(19-12-5-2-1-4-11(12)16(23)24)10-26-17-20-15(21-22-17)13-6-3-9-25-13/h1-6,9H,8,10H2,(H,20,21,22). The van der Waals surface area contributed by atoms with E-state index in [1.165, 1.54) is 16.3 Å². The Morgan fingerprint density at radius 1 is 1.23 bits per heavy atom. The lowest BCUT2D eigenvalue weighted by atomic mass is 10.2. The van der Waals surface area contributed by atoms with Crippen LogP contribution in [0.25, 0.3) is 21.6 Å². The van der Waals surface area contributed by atoms with Crippen LogP contribution < -0.4 is 5.56 Å². The molecule has 4 aromatic rings. The molecule has 0 aliphatic rings. The van der Waals surface area contributed by atoms with Crippen LogP contribution in [0.5, 0.6) is 0 Å². The highest BCUT2D eigenvalue weighted by Gasteiger charge is 2.13. The van der Waals surface area contributed by atoms with Crippen LogP contribution in [-0.2, 0) is 12.3 Å². The van der Waals surface area contributed by atoms with Crippen molar-refractivity contribution in [1.29, 1.82) is 5.26 Å². The first-order chi connectivity index (χ1) is 12.8. The highest BCUT2D eigenvalue weighted by atomic mass is 32.2. The number of H-pyrrole nitrogens is 1. The smallest absolute Gasteiger partial charge is 0.262 e. The monoisotopic (exact) mass is 380 g/mol. The molecular weight excluding hydrogens is 368 g/mol. The second-order valence-corrected chi connectivity index (χ2v) is 7.22. The van der Waals surface area contributed by atoms with Gasteiger partial charge in [-0.1, -0.05) is 30.0 Å². The van der Waals surface area contributed by atoms with Crippen LogP contribution in [-0.4, -0.2) is 24.7 Å². The lowest BCUT2D eigenvalue weighted by Gasteiger charge is -2.09. The second-order valence-electron chi connectivity index (χ2n) is 5.33. The van der Waals surface area contributed by atoms with E-state index in [1.54, 1.807) is 29.5 Å². The lowest BCUT2D eigenvalue weighted by Crippen LogP contribution is -2.24. The van der Waals surface area contributed by atoms with E-state index in [0.29, 0.717) is 33.5 Å². The quantitative estimate of drug-likeness (QED) is 0.534. The van der Waals surface area contributed by atoms with Gasteiger partial charge in [-0.3, -0.25) is 14.5 Å². The van der Waals surface area contributed by atoms with E-state index in [9.17, 15) is 4.79 Å². The van der Waals surface area contributed by atoms with Crippen LogP contribution in [0.2, 0.25) is 0 Å². The van der Waals surface area contributed by atoms with Gasteiger partial charge in [-0.15, -0.1) is 16.4 Å². The Kier molecular flexibility index (Phi) is 4.51. The first kappa shape index (κ1) is 16.5. The summed E-state index contributed by atoms with van der Waals surface area (Å²) in [4.78, 5) is 22.7. The minimum Gasteiger partial charge on any atom is -0.281 e. The number of hydrogen-bond acceptors (Lipinski definition) is 7. The van der Waals surface area contributed by atoms with Crippen molar-refractivity contribution in [2.24, 2.45) is 0 Å². The summed E-state index contributed by atoms with van der Waals surface area (Å²) in [6, 6.07) is 13.1. The number of rotatable bonds is 5. The van der Waals surface area contributed by atoms with Crippen LogP contribution in [0.1, 0.15) is 5.82 Å². The van der Waals surface area contributed by atoms with Gasteiger partial charge in [0.15, 0.2) is 5.82 Å². The number of fused-ring (bicyclic) bond motifs is 1. The molecule has 26 heavy (non-hydrogen) atoms. The van der Waals surface area contributed by atoms with Crippen molar-refractivity contribution in [1.82, 2.24) is 24.7 Å². The Hall–Kier alpha value is -2.96. The molecule has 3 heterocycles. The van der Waals surface area contributed by atoms with E-state index in [0.717, 1.165) is 4.88 Å². The van der Waals surface area contributed by atoms with E-state index >= 15 is 0 Å². The van der Waals surface area contributed by atoms with Gasteiger partial charge in [-0.05, 0) is 23.6 Å². The molecule has 0 fully saturated rings. The molecule has 128 valence electrons. The normalized spacial score (nSPS) is 10.9. The maximum absolute atomic E-state index is 12.6. The van der Waals surface area contributed by atoms with Crippen molar-refractivity contribution in [2.45, 2.75) is 17.5 Å². The van der Waals surface area contributed by atoms with Gasteiger partial charge in [0.25, 0.3) is 5.56 Å². The molecule has 3 aromatic heterocycles. The van der Waals surface area contributed by atoms with Crippen LogP contribution in [0.3, 0.4) is 0 Å². The minimum absolute atomic E-state index is 0.0407. The molecule has 0 saturated heterocycles. The topological polar surface area (TPSA) is 100 Å². The average molecular weight is 380 g/mol. The van der Waals surface area contributed by atoms with Gasteiger partial charge in [-0.2, -0.15) is 5.26 Å². The summed E-state index contributed by atoms with van der Waals surface area (Å²) in [7, 11) is 0. The van der Waals surface area contributed by atoms with Gasteiger partial charge in [-0.25, -0.2) is 9.97 Å². The largest absolute Gasteiger partial charge is 0.281 e. The number of nitriles is 1. The van der Waals surface area contributed by atoms with Crippen LogP contribution in [0, 0.1) is 11.3 Å². The maximum atomic E-state index is 12.6. The zero-order chi connectivity index (χ0) is 17.9. The second kappa shape index (κ2) is 7.11. The van der Waals surface area contributed by atoms with E-state index in [-0.39, 0.29) is 12.1 Å². The Labute approximate surface area is 156 Å². The third-order valence-electron chi connectivity index (χ3n) is 3.72. The molecule has 9 heteroatoms. The summed E-state index contributed by atoms with van der Waals surface area (Å²) in [5.74, 6) is 1.63. The number of aromatic nitrogens is 5. The summed E-state index contributed by atoms with van der Waals surface area (Å²) in [6.07, 6.45) is 0. The van der Waals surface area contributed by atoms with Crippen molar-refractivity contribution in [3.63, 3.8) is 0 Å². The fraction of sp³-hybridized carbons (Fsp3) is 0.118. The number of nitrogens with zero attached hydrogens (tertiary/aromatic N) is 5. The number of aromatic amines is 1. The molecule has 4 rings (SSSR count). The van der Waals surface area contributed by atoms with Gasteiger partial charge in [0.05, 0.1) is 27.6 Å². The maximum Gasteiger partial charge on any atom is 0.262 e. The Bertz CT molecular complexity index is 1160. The molecule has 0 amide bonds. The van der Waals surface area contributed by atoms with Crippen LogP contribution >= 0.6 is 23.1 Å². The predicted octanol–water partition coefficient (Wildman–Crippen LogP) is 3.06. The van der Waals surface area contributed by atoms with Gasteiger partial charge in [0, 0.05) is 0 Å². The number of nitrogens with one attached hydrogen (secondary N) is 1. The number of para-hydroxylation sites is 1. The van der Waals surface area contributed by atoms with E-state index in [2.05, 4.69) is 20.2 Å². The van der Waals surface area contributed by atoms with E-state index in [1.807, 2.05) is 29.6 Å². The molecule has 0 saturated carbocycles. The molecule has 0 radical (unpaired) electrons. The molecule has 0 unspecified atom stereocenters. The average Bonchev–Trinajstić information content (AvgIpc) is 3.34. The third-order valence-corrected chi connectivity index (χ3v) is 5.44.